The highest BCUT2D eigenvalue weighted by Crippen LogP contribution is 2.28. The minimum absolute atomic E-state index is 0.0601. The fraction of sp³-hybridized carbons (Fsp3) is 0.292. The Morgan fingerprint density at radius 2 is 1.74 bits per heavy atom. The highest BCUT2D eigenvalue weighted by molar-refractivity contribution is 5.60. The van der Waals surface area contributed by atoms with Crippen LogP contribution in [0.15, 0.2) is 72.8 Å². The lowest BCUT2D eigenvalue weighted by molar-refractivity contribution is 0.198. The van der Waals surface area contributed by atoms with Crippen molar-refractivity contribution in [2.45, 2.75) is 31.9 Å². The fourth-order valence-corrected chi connectivity index (χ4v) is 3.95. The highest BCUT2D eigenvalue weighted by Gasteiger charge is 2.22. The Hall–Kier alpha value is -2.49. The van der Waals surface area contributed by atoms with Crippen LogP contribution in [-0.2, 0) is 13.2 Å². The molecule has 1 atom stereocenters. The van der Waals surface area contributed by atoms with E-state index in [1.54, 1.807) is 0 Å². The molecule has 4 rings (SSSR count). The molecule has 0 saturated carbocycles. The largest absolute Gasteiger partial charge is 0.392 e. The second kappa shape index (κ2) is 8.47. The van der Waals surface area contributed by atoms with E-state index in [0.29, 0.717) is 5.92 Å². The summed E-state index contributed by atoms with van der Waals surface area (Å²) in [6, 6.07) is 25.1. The van der Waals surface area contributed by atoms with E-state index in [1.807, 2.05) is 18.2 Å². The van der Waals surface area contributed by atoms with Crippen molar-refractivity contribution in [3.63, 3.8) is 0 Å². The molecule has 1 aromatic heterocycles. The predicted octanol–water partition coefficient (Wildman–Crippen LogP) is 4.62. The van der Waals surface area contributed by atoms with E-state index in [0.717, 1.165) is 36.5 Å². The lowest BCUT2D eigenvalue weighted by atomic mass is 9.93. The molecule has 0 aliphatic carbocycles. The maximum Gasteiger partial charge on any atom is 0.0705 e. The number of piperidine rings is 1. The Morgan fingerprint density at radius 1 is 0.926 bits per heavy atom. The first kappa shape index (κ1) is 17.9. The molecule has 1 aliphatic heterocycles. The SMILES string of the molecule is OCc1cccc(-c2cccc(C3CCCN(Cc4ccccc4)C3)n2)c1. The van der Waals surface area contributed by atoms with Crippen LogP contribution in [0.4, 0.5) is 0 Å². The van der Waals surface area contributed by atoms with E-state index in [-0.39, 0.29) is 6.61 Å². The van der Waals surface area contributed by atoms with Crippen molar-refractivity contribution in [2.75, 3.05) is 13.1 Å². The first-order valence-electron chi connectivity index (χ1n) is 9.75. The first-order chi connectivity index (χ1) is 13.3. The molecule has 3 aromatic rings. The van der Waals surface area contributed by atoms with Crippen LogP contribution in [0.1, 0.15) is 35.6 Å². The van der Waals surface area contributed by atoms with Crippen LogP contribution in [-0.4, -0.2) is 28.1 Å². The molecule has 0 amide bonds. The zero-order chi connectivity index (χ0) is 18.5. The number of aromatic nitrogens is 1. The average molecular weight is 358 g/mol. The normalized spacial score (nSPS) is 17.7. The Kier molecular flexibility index (Phi) is 5.61. The van der Waals surface area contributed by atoms with Crippen molar-refractivity contribution in [1.82, 2.24) is 9.88 Å². The van der Waals surface area contributed by atoms with Gasteiger partial charge in [0.1, 0.15) is 0 Å². The zero-order valence-corrected chi connectivity index (χ0v) is 15.6. The molecular formula is C24H26N2O. The molecule has 0 spiro atoms. The van der Waals surface area contributed by atoms with E-state index in [1.165, 1.54) is 24.1 Å². The lowest BCUT2D eigenvalue weighted by Crippen LogP contribution is -2.34. The topological polar surface area (TPSA) is 36.4 Å². The third-order valence-electron chi connectivity index (χ3n) is 5.35. The molecule has 1 unspecified atom stereocenters. The second-order valence-corrected chi connectivity index (χ2v) is 7.37. The maximum atomic E-state index is 9.39. The summed E-state index contributed by atoms with van der Waals surface area (Å²) in [4.78, 5) is 7.52. The monoisotopic (exact) mass is 358 g/mol. The van der Waals surface area contributed by atoms with Gasteiger partial charge >= 0.3 is 0 Å². The van der Waals surface area contributed by atoms with Crippen LogP contribution in [0.25, 0.3) is 11.3 Å². The van der Waals surface area contributed by atoms with Gasteiger partial charge in [-0.25, -0.2) is 0 Å². The lowest BCUT2D eigenvalue weighted by Gasteiger charge is -2.32. The Balaban J connectivity index is 1.51. The summed E-state index contributed by atoms with van der Waals surface area (Å²) in [7, 11) is 0. The van der Waals surface area contributed by atoms with Crippen molar-refractivity contribution in [3.05, 3.63) is 89.6 Å². The second-order valence-electron chi connectivity index (χ2n) is 7.37. The van der Waals surface area contributed by atoms with Crippen LogP contribution >= 0.6 is 0 Å². The van der Waals surface area contributed by atoms with Crippen LogP contribution in [0.3, 0.4) is 0 Å². The van der Waals surface area contributed by atoms with Gasteiger partial charge in [0.15, 0.2) is 0 Å². The van der Waals surface area contributed by atoms with Crippen molar-refractivity contribution >= 4 is 0 Å². The molecule has 1 fully saturated rings. The Bertz CT molecular complexity index is 878. The number of nitrogens with zero attached hydrogens (tertiary/aromatic N) is 2. The predicted molar refractivity (Wildman–Crippen MR) is 109 cm³/mol. The van der Waals surface area contributed by atoms with Gasteiger partial charge in [-0.15, -0.1) is 0 Å². The molecule has 2 aromatic carbocycles. The van der Waals surface area contributed by atoms with E-state index in [4.69, 9.17) is 4.98 Å². The summed E-state index contributed by atoms with van der Waals surface area (Å²) in [6.45, 7) is 3.28. The number of rotatable bonds is 5. The summed E-state index contributed by atoms with van der Waals surface area (Å²) in [6.07, 6.45) is 2.40. The molecule has 2 heterocycles. The summed E-state index contributed by atoms with van der Waals surface area (Å²) in [5.74, 6) is 0.475. The standard InChI is InChI=1S/C24H26N2O/c27-18-20-9-4-10-21(15-20)23-12-5-13-24(25-23)22-11-6-14-26(17-22)16-19-7-2-1-3-8-19/h1-5,7-10,12-13,15,22,27H,6,11,14,16-18H2. The zero-order valence-electron chi connectivity index (χ0n) is 15.6. The van der Waals surface area contributed by atoms with Gasteiger partial charge in [-0.05, 0) is 48.7 Å². The van der Waals surface area contributed by atoms with Gasteiger partial charge in [-0.1, -0.05) is 54.6 Å². The highest BCUT2D eigenvalue weighted by atomic mass is 16.3. The number of benzene rings is 2. The molecule has 0 radical (unpaired) electrons. The molecule has 3 nitrogen and oxygen atoms in total. The van der Waals surface area contributed by atoms with Gasteiger partial charge in [-0.3, -0.25) is 9.88 Å². The molecular weight excluding hydrogens is 332 g/mol. The molecule has 3 heteroatoms. The van der Waals surface area contributed by atoms with Gasteiger partial charge in [0.2, 0.25) is 0 Å². The number of aliphatic hydroxyl groups is 1. The van der Waals surface area contributed by atoms with E-state index >= 15 is 0 Å². The molecule has 1 aliphatic rings. The van der Waals surface area contributed by atoms with Crippen LogP contribution in [0, 0.1) is 0 Å². The average Bonchev–Trinajstić information content (AvgIpc) is 2.75. The fourth-order valence-electron chi connectivity index (χ4n) is 3.95. The van der Waals surface area contributed by atoms with Gasteiger partial charge in [0.05, 0.1) is 12.3 Å². The van der Waals surface area contributed by atoms with E-state index < -0.39 is 0 Å². The number of likely N-dealkylation sites (tertiary alicyclic amines) is 1. The summed E-state index contributed by atoms with van der Waals surface area (Å²) >= 11 is 0. The molecule has 0 bridgehead atoms. The minimum Gasteiger partial charge on any atom is -0.392 e. The van der Waals surface area contributed by atoms with E-state index in [2.05, 4.69) is 59.5 Å². The molecule has 27 heavy (non-hydrogen) atoms. The third kappa shape index (κ3) is 4.44. The van der Waals surface area contributed by atoms with Crippen LogP contribution < -0.4 is 0 Å². The Labute approximate surface area is 161 Å². The Morgan fingerprint density at radius 3 is 2.59 bits per heavy atom. The van der Waals surface area contributed by atoms with Gasteiger partial charge in [-0.2, -0.15) is 0 Å². The van der Waals surface area contributed by atoms with E-state index in [9.17, 15) is 5.11 Å². The van der Waals surface area contributed by atoms with Gasteiger partial charge < -0.3 is 5.11 Å². The van der Waals surface area contributed by atoms with Crippen molar-refractivity contribution < 1.29 is 5.11 Å². The maximum absolute atomic E-state index is 9.39. The smallest absolute Gasteiger partial charge is 0.0705 e. The third-order valence-corrected chi connectivity index (χ3v) is 5.35. The van der Waals surface area contributed by atoms with Crippen LogP contribution in [0.5, 0.6) is 0 Å². The quantitative estimate of drug-likeness (QED) is 0.723. The number of pyridine rings is 1. The summed E-state index contributed by atoms with van der Waals surface area (Å²) in [5.41, 5.74) is 5.54. The summed E-state index contributed by atoms with van der Waals surface area (Å²) < 4.78 is 0. The number of hydrogen-bond donors (Lipinski definition) is 1. The molecule has 1 saturated heterocycles. The molecule has 138 valence electrons. The van der Waals surface area contributed by atoms with Crippen molar-refractivity contribution in [3.8, 4) is 11.3 Å². The van der Waals surface area contributed by atoms with Crippen LogP contribution in [0.2, 0.25) is 0 Å². The minimum atomic E-state index is 0.0601. The summed E-state index contributed by atoms with van der Waals surface area (Å²) in [5, 5.41) is 9.39. The van der Waals surface area contributed by atoms with Crippen molar-refractivity contribution in [1.29, 1.82) is 0 Å². The van der Waals surface area contributed by atoms with Crippen molar-refractivity contribution in [2.24, 2.45) is 0 Å². The van der Waals surface area contributed by atoms with Gasteiger partial charge in [0, 0.05) is 30.3 Å². The van der Waals surface area contributed by atoms with Gasteiger partial charge in [0.25, 0.3) is 0 Å². The first-order valence-corrected chi connectivity index (χ1v) is 9.75. The molecule has 1 N–H and O–H groups in total. The number of hydrogen-bond acceptors (Lipinski definition) is 3. The number of aliphatic hydroxyl groups excluding tert-OH is 1.